The second kappa shape index (κ2) is 6.21. The predicted molar refractivity (Wildman–Crippen MR) is 96.9 cm³/mol. The second-order valence-corrected chi connectivity index (χ2v) is 7.36. The van der Waals surface area contributed by atoms with E-state index in [2.05, 4.69) is 59.5 Å². The van der Waals surface area contributed by atoms with Crippen LogP contribution in [0.2, 0.25) is 0 Å². The van der Waals surface area contributed by atoms with Gasteiger partial charge in [-0.2, -0.15) is 0 Å². The van der Waals surface area contributed by atoms with E-state index in [-0.39, 0.29) is 5.92 Å². The smallest absolute Gasteiger partial charge is 0.137 e. The van der Waals surface area contributed by atoms with Crippen LogP contribution in [0, 0.1) is 5.92 Å². The van der Waals surface area contributed by atoms with Gasteiger partial charge in [-0.15, -0.1) is 0 Å². The second-order valence-electron chi connectivity index (χ2n) is 7.36. The molecule has 0 amide bonds. The Morgan fingerprint density at radius 1 is 1.21 bits per heavy atom. The number of ketones is 1. The molecule has 4 rings (SSSR count). The van der Waals surface area contributed by atoms with Crippen molar-refractivity contribution < 1.29 is 4.79 Å². The fourth-order valence-electron chi connectivity index (χ4n) is 4.74. The quantitative estimate of drug-likeness (QED) is 0.926. The number of hydrogen-bond donors (Lipinski definition) is 1. The molecule has 2 saturated heterocycles. The molecule has 2 aromatic rings. The maximum Gasteiger partial charge on any atom is 0.137 e. The van der Waals surface area contributed by atoms with Crippen LogP contribution in [-0.4, -0.2) is 22.4 Å². The van der Waals surface area contributed by atoms with Gasteiger partial charge in [0, 0.05) is 43.4 Å². The number of Topliss-reactive ketones (excluding diaryl/α,β-unsaturated/α-hetero) is 1. The van der Waals surface area contributed by atoms with Crippen molar-refractivity contribution in [2.24, 2.45) is 13.0 Å². The molecule has 0 saturated carbocycles. The standard InChI is InChI=1S/C21H26N2O/c1-3-20(24)21-17(13-16-10-11-18(21)22-16)14-6-8-15(9-7-14)19-5-4-12-23(19)2/h4-9,12,16-18,21-22H,3,10-11,13H2,1-2H3/t16?,17-,18?,21+/m1/s1. The minimum Gasteiger partial charge on any atom is -0.351 e. The number of rotatable bonds is 4. The zero-order valence-electron chi connectivity index (χ0n) is 14.5. The van der Waals surface area contributed by atoms with Crippen molar-refractivity contribution >= 4 is 5.78 Å². The fourth-order valence-corrected chi connectivity index (χ4v) is 4.74. The lowest BCUT2D eigenvalue weighted by molar-refractivity contribution is -0.124. The van der Waals surface area contributed by atoms with Crippen molar-refractivity contribution in [3.63, 3.8) is 0 Å². The van der Waals surface area contributed by atoms with E-state index in [9.17, 15) is 4.79 Å². The third-order valence-corrected chi connectivity index (χ3v) is 5.98. The highest BCUT2D eigenvalue weighted by atomic mass is 16.1. The lowest BCUT2D eigenvalue weighted by Crippen LogP contribution is -2.47. The van der Waals surface area contributed by atoms with Crippen LogP contribution < -0.4 is 5.32 Å². The van der Waals surface area contributed by atoms with Gasteiger partial charge >= 0.3 is 0 Å². The Kier molecular flexibility index (Phi) is 4.05. The van der Waals surface area contributed by atoms with Gasteiger partial charge in [-0.05, 0) is 48.4 Å². The number of carbonyl (C=O) groups excluding carboxylic acids is 1. The molecule has 0 spiro atoms. The fraction of sp³-hybridized carbons (Fsp3) is 0.476. The Morgan fingerprint density at radius 2 is 2.00 bits per heavy atom. The summed E-state index contributed by atoms with van der Waals surface area (Å²) in [7, 11) is 2.07. The summed E-state index contributed by atoms with van der Waals surface area (Å²) in [5.41, 5.74) is 3.80. The predicted octanol–water partition coefficient (Wildman–Crippen LogP) is 3.90. The Labute approximate surface area is 144 Å². The summed E-state index contributed by atoms with van der Waals surface area (Å²) in [6, 6.07) is 14.1. The van der Waals surface area contributed by atoms with Crippen molar-refractivity contribution in [2.45, 2.75) is 50.6 Å². The van der Waals surface area contributed by atoms with E-state index in [1.807, 2.05) is 6.92 Å². The highest BCUT2D eigenvalue weighted by molar-refractivity contribution is 5.83. The van der Waals surface area contributed by atoms with Crippen LogP contribution in [0.3, 0.4) is 0 Å². The number of fused-ring (bicyclic) bond motifs is 2. The van der Waals surface area contributed by atoms with E-state index in [0.29, 0.717) is 30.2 Å². The zero-order valence-corrected chi connectivity index (χ0v) is 14.5. The number of nitrogens with zero attached hydrogens (tertiary/aromatic N) is 1. The molecule has 0 aliphatic carbocycles. The number of benzene rings is 1. The van der Waals surface area contributed by atoms with Crippen molar-refractivity contribution in [3.05, 3.63) is 48.2 Å². The molecule has 3 heteroatoms. The van der Waals surface area contributed by atoms with Crippen LogP contribution in [0.4, 0.5) is 0 Å². The highest BCUT2D eigenvalue weighted by Crippen LogP contribution is 2.42. The summed E-state index contributed by atoms with van der Waals surface area (Å²) < 4.78 is 2.14. The lowest BCUT2D eigenvalue weighted by atomic mass is 9.74. The number of aryl methyl sites for hydroxylation is 1. The molecule has 2 aliphatic heterocycles. The summed E-state index contributed by atoms with van der Waals surface area (Å²) >= 11 is 0. The number of aromatic nitrogens is 1. The first-order chi connectivity index (χ1) is 11.7. The molecule has 3 nitrogen and oxygen atoms in total. The van der Waals surface area contributed by atoms with Gasteiger partial charge in [0.05, 0.1) is 0 Å². The van der Waals surface area contributed by atoms with Crippen molar-refractivity contribution in [1.29, 1.82) is 0 Å². The summed E-state index contributed by atoms with van der Waals surface area (Å²) in [6.07, 6.45) is 6.18. The van der Waals surface area contributed by atoms with Gasteiger partial charge in [0.2, 0.25) is 0 Å². The number of nitrogens with one attached hydrogen (secondary N) is 1. The molecule has 3 heterocycles. The van der Waals surface area contributed by atoms with E-state index < -0.39 is 0 Å². The molecule has 1 N–H and O–H groups in total. The van der Waals surface area contributed by atoms with Gasteiger partial charge in [0.15, 0.2) is 0 Å². The third kappa shape index (κ3) is 2.61. The molecule has 2 bridgehead atoms. The van der Waals surface area contributed by atoms with Gasteiger partial charge in [0.25, 0.3) is 0 Å². The van der Waals surface area contributed by atoms with Crippen molar-refractivity contribution in [2.75, 3.05) is 0 Å². The maximum absolute atomic E-state index is 12.6. The Balaban J connectivity index is 1.64. The average molecular weight is 322 g/mol. The summed E-state index contributed by atoms with van der Waals surface area (Å²) in [5.74, 6) is 0.942. The summed E-state index contributed by atoms with van der Waals surface area (Å²) in [4.78, 5) is 12.6. The van der Waals surface area contributed by atoms with Crippen LogP contribution in [0.15, 0.2) is 42.6 Å². The largest absolute Gasteiger partial charge is 0.351 e. The van der Waals surface area contributed by atoms with E-state index >= 15 is 0 Å². The van der Waals surface area contributed by atoms with Crippen LogP contribution in [0.5, 0.6) is 0 Å². The molecule has 4 atom stereocenters. The normalized spacial score (nSPS) is 28.9. The summed E-state index contributed by atoms with van der Waals surface area (Å²) in [5, 5.41) is 3.67. The number of hydrogen-bond acceptors (Lipinski definition) is 2. The summed E-state index contributed by atoms with van der Waals surface area (Å²) in [6.45, 7) is 2.00. The molecule has 1 aromatic carbocycles. The molecule has 2 aliphatic rings. The van der Waals surface area contributed by atoms with Crippen LogP contribution >= 0.6 is 0 Å². The molecule has 2 fully saturated rings. The van der Waals surface area contributed by atoms with E-state index in [1.165, 1.54) is 23.2 Å². The first-order valence-corrected chi connectivity index (χ1v) is 9.17. The first-order valence-electron chi connectivity index (χ1n) is 9.17. The highest BCUT2D eigenvalue weighted by Gasteiger charge is 2.44. The minimum atomic E-state index is 0.148. The molecule has 24 heavy (non-hydrogen) atoms. The molecular formula is C21H26N2O. The van der Waals surface area contributed by atoms with Crippen molar-refractivity contribution in [1.82, 2.24) is 9.88 Å². The maximum atomic E-state index is 12.6. The SMILES string of the molecule is CCC(=O)[C@@H]1C2CCC(C[C@@H]1c1ccc(-c3cccn3C)cc1)N2. The molecule has 0 radical (unpaired) electrons. The van der Waals surface area contributed by atoms with E-state index in [0.717, 1.165) is 12.8 Å². The minimum absolute atomic E-state index is 0.148. The topological polar surface area (TPSA) is 34.0 Å². The van der Waals surface area contributed by atoms with E-state index in [4.69, 9.17) is 0 Å². The number of carbonyl (C=O) groups is 1. The molecule has 1 aromatic heterocycles. The third-order valence-electron chi connectivity index (χ3n) is 5.98. The van der Waals surface area contributed by atoms with Gasteiger partial charge in [-0.25, -0.2) is 0 Å². The zero-order chi connectivity index (χ0) is 16.7. The monoisotopic (exact) mass is 322 g/mol. The van der Waals surface area contributed by atoms with Crippen LogP contribution in [0.1, 0.15) is 44.1 Å². The molecule has 2 unspecified atom stereocenters. The van der Waals surface area contributed by atoms with Gasteiger partial charge in [0.1, 0.15) is 5.78 Å². The lowest BCUT2D eigenvalue weighted by Gasteiger charge is -2.37. The average Bonchev–Trinajstić information content (AvgIpc) is 3.20. The molecule has 126 valence electrons. The first kappa shape index (κ1) is 15.6. The number of piperidine rings is 1. The van der Waals surface area contributed by atoms with Crippen molar-refractivity contribution in [3.8, 4) is 11.3 Å². The van der Waals surface area contributed by atoms with Crippen LogP contribution in [0.25, 0.3) is 11.3 Å². The van der Waals surface area contributed by atoms with Gasteiger partial charge < -0.3 is 9.88 Å². The van der Waals surface area contributed by atoms with Gasteiger partial charge in [-0.3, -0.25) is 4.79 Å². The van der Waals surface area contributed by atoms with Gasteiger partial charge in [-0.1, -0.05) is 31.2 Å². The molecular weight excluding hydrogens is 296 g/mol. The van der Waals surface area contributed by atoms with Crippen LogP contribution in [-0.2, 0) is 11.8 Å². The Morgan fingerprint density at radius 3 is 2.67 bits per heavy atom. The van der Waals surface area contributed by atoms with E-state index in [1.54, 1.807) is 0 Å². The Hall–Kier alpha value is -1.87. The Bertz CT molecular complexity index is 731.